The average Bonchev–Trinajstić information content (AvgIpc) is 2.47. The van der Waals surface area contributed by atoms with Crippen molar-refractivity contribution >= 4 is 11.8 Å². The lowest BCUT2D eigenvalue weighted by Crippen LogP contribution is -2.43. The summed E-state index contributed by atoms with van der Waals surface area (Å²) in [6.45, 7) is 6.31. The maximum atomic E-state index is 12.2. The molecule has 0 aliphatic carbocycles. The molecule has 122 valence electrons. The van der Waals surface area contributed by atoms with E-state index >= 15 is 0 Å². The third-order valence-electron chi connectivity index (χ3n) is 3.42. The molecule has 0 fully saturated rings. The standard InChI is InChI=1S/C17H22N4O2/c1-12-6-5-7-13(8-12)17(2,3)21-16(22)20-15-9-14(10-23-4)18-11-19-15/h5-9,11H,10H2,1-4H3,(H2,18,19,20,21,22). The minimum Gasteiger partial charge on any atom is -0.378 e. The zero-order valence-electron chi connectivity index (χ0n) is 13.9. The summed E-state index contributed by atoms with van der Waals surface area (Å²) in [4.78, 5) is 20.3. The van der Waals surface area contributed by atoms with Crippen molar-refractivity contribution in [2.24, 2.45) is 0 Å². The van der Waals surface area contributed by atoms with E-state index in [-0.39, 0.29) is 6.03 Å². The number of nitrogens with zero attached hydrogens (tertiary/aromatic N) is 2. The summed E-state index contributed by atoms with van der Waals surface area (Å²) in [6.07, 6.45) is 1.40. The van der Waals surface area contributed by atoms with Gasteiger partial charge in [0.25, 0.3) is 0 Å². The summed E-state index contributed by atoms with van der Waals surface area (Å²) in [6, 6.07) is 9.42. The van der Waals surface area contributed by atoms with Gasteiger partial charge in [-0.2, -0.15) is 0 Å². The first-order valence-corrected chi connectivity index (χ1v) is 7.37. The maximum Gasteiger partial charge on any atom is 0.321 e. The molecule has 6 nitrogen and oxygen atoms in total. The van der Waals surface area contributed by atoms with Crippen LogP contribution in [0.5, 0.6) is 0 Å². The average molecular weight is 314 g/mol. The molecule has 0 radical (unpaired) electrons. The van der Waals surface area contributed by atoms with Gasteiger partial charge in [-0.1, -0.05) is 29.8 Å². The molecule has 6 heteroatoms. The Kier molecular flexibility index (Phi) is 5.28. The predicted molar refractivity (Wildman–Crippen MR) is 89.1 cm³/mol. The van der Waals surface area contributed by atoms with Gasteiger partial charge in [-0.15, -0.1) is 0 Å². The summed E-state index contributed by atoms with van der Waals surface area (Å²) in [5.74, 6) is 0.435. The zero-order chi connectivity index (χ0) is 16.9. The van der Waals surface area contributed by atoms with Crippen LogP contribution in [0, 0.1) is 6.92 Å². The molecule has 0 aliphatic heterocycles. The SMILES string of the molecule is COCc1cc(NC(=O)NC(C)(C)c2cccc(C)c2)ncn1. The van der Waals surface area contributed by atoms with Crippen molar-refractivity contribution in [1.29, 1.82) is 0 Å². The maximum absolute atomic E-state index is 12.2. The smallest absolute Gasteiger partial charge is 0.321 e. The van der Waals surface area contributed by atoms with E-state index in [4.69, 9.17) is 4.74 Å². The number of amides is 2. The summed E-state index contributed by atoms with van der Waals surface area (Å²) < 4.78 is 5.02. The molecule has 1 aromatic carbocycles. The van der Waals surface area contributed by atoms with Crippen LogP contribution >= 0.6 is 0 Å². The lowest BCUT2D eigenvalue weighted by atomic mass is 9.93. The molecule has 0 spiro atoms. The lowest BCUT2D eigenvalue weighted by Gasteiger charge is -2.27. The normalized spacial score (nSPS) is 11.1. The highest BCUT2D eigenvalue weighted by molar-refractivity contribution is 5.88. The highest BCUT2D eigenvalue weighted by Gasteiger charge is 2.23. The highest BCUT2D eigenvalue weighted by Crippen LogP contribution is 2.21. The Balaban J connectivity index is 2.05. The molecule has 2 aromatic rings. The summed E-state index contributed by atoms with van der Waals surface area (Å²) >= 11 is 0. The van der Waals surface area contributed by atoms with E-state index in [2.05, 4.69) is 26.7 Å². The Labute approximate surface area is 136 Å². The van der Waals surface area contributed by atoms with Crippen LogP contribution in [0.4, 0.5) is 10.6 Å². The van der Waals surface area contributed by atoms with Crippen molar-refractivity contribution in [3.8, 4) is 0 Å². The quantitative estimate of drug-likeness (QED) is 0.889. The molecule has 0 unspecified atom stereocenters. The number of hydrogen-bond acceptors (Lipinski definition) is 4. The van der Waals surface area contributed by atoms with Crippen LogP contribution in [0.25, 0.3) is 0 Å². The van der Waals surface area contributed by atoms with Gasteiger partial charge in [0.15, 0.2) is 0 Å². The Hall–Kier alpha value is -2.47. The molecule has 0 aliphatic rings. The number of carbonyl (C=O) groups is 1. The molecular weight excluding hydrogens is 292 g/mol. The number of nitrogens with one attached hydrogen (secondary N) is 2. The number of methoxy groups -OCH3 is 1. The van der Waals surface area contributed by atoms with Gasteiger partial charge in [-0.05, 0) is 26.3 Å². The molecule has 2 N–H and O–H groups in total. The number of urea groups is 1. The Bertz CT molecular complexity index is 686. The fourth-order valence-electron chi connectivity index (χ4n) is 2.23. The van der Waals surface area contributed by atoms with Gasteiger partial charge in [0.2, 0.25) is 0 Å². The number of aryl methyl sites for hydroxylation is 1. The van der Waals surface area contributed by atoms with Crippen molar-refractivity contribution in [3.63, 3.8) is 0 Å². The molecule has 1 aromatic heterocycles. The third kappa shape index (κ3) is 4.75. The van der Waals surface area contributed by atoms with E-state index < -0.39 is 5.54 Å². The fraction of sp³-hybridized carbons (Fsp3) is 0.353. The van der Waals surface area contributed by atoms with Gasteiger partial charge in [-0.3, -0.25) is 5.32 Å². The van der Waals surface area contributed by atoms with Crippen LogP contribution in [-0.2, 0) is 16.9 Å². The van der Waals surface area contributed by atoms with Crippen molar-refractivity contribution in [2.75, 3.05) is 12.4 Å². The molecule has 0 atom stereocenters. The van der Waals surface area contributed by atoms with E-state index in [1.54, 1.807) is 13.2 Å². The van der Waals surface area contributed by atoms with Gasteiger partial charge in [0.05, 0.1) is 17.8 Å². The lowest BCUT2D eigenvalue weighted by molar-refractivity contribution is 0.181. The monoisotopic (exact) mass is 314 g/mol. The molecule has 2 rings (SSSR count). The highest BCUT2D eigenvalue weighted by atomic mass is 16.5. The van der Waals surface area contributed by atoms with Crippen LogP contribution in [0.15, 0.2) is 36.7 Å². The second-order valence-electron chi connectivity index (χ2n) is 5.90. The van der Waals surface area contributed by atoms with Crippen molar-refractivity contribution in [2.45, 2.75) is 32.9 Å². The van der Waals surface area contributed by atoms with Crippen molar-refractivity contribution in [3.05, 3.63) is 53.5 Å². The number of aromatic nitrogens is 2. The first kappa shape index (κ1) is 16.9. The topological polar surface area (TPSA) is 76.1 Å². The number of hydrogen-bond donors (Lipinski definition) is 2. The predicted octanol–water partition coefficient (Wildman–Crippen LogP) is 2.99. The van der Waals surface area contributed by atoms with Gasteiger partial charge < -0.3 is 10.1 Å². The Morgan fingerprint density at radius 3 is 2.74 bits per heavy atom. The van der Waals surface area contributed by atoms with Gasteiger partial charge in [0.1, 0.15) is 12.1 Å². The fourth-order valence-corrected chi connectivity index (χ4v) is 2.23. The van der Waals surface area contributed by atoms with Crippen LogP contribution in [0.3, 0.4) is 0 Å². The zero-order valence-corrected chi connectivity index (χ0v) is 13.9. The number of ether oxygens (including phenoxy) is 1. The summed E-state index contributed by atoms with van der Waals surface area (Å²) in [7, 11) is 1.59. The Morgan fingerprint density at radius 2 is 2.04 bits per heavy atom. The third-order valence-corrected chi connectivity index (χ3v) is 3.42. The van der Waals surface area contributed by atoms with Crippen molar-refractivity contribution in [1.82, 2.24) is 15.3 Å². The van der Waals surface area contributed by atoms with E-state index in [1.165, 1.54) is 6.33 Å². The van der Waals surface area contributed by atoms with Gasteiger partial charge >= 0.3 is 6.03 Å². The minimum absolute atomic E-state index is 0.321. The molecule has 23 heavy (non-hydrogen) atoms. The van der Waals surface area contributed by atoms with Crippen LogP contribution in [-0.4, -0.2) is 23.1 Å². The number of anilines is 1. The van der Waals surface area contributed by atoms with E-state index in [9.17, 15) is 4.79 Å². The molecular formula is C17H22N4O2. The minimum atomic E-state index is -0.501. The number of rotatable bonds is 5. The van der Waals surface area contributed by atoms with Gasteiger partial charge in [0, 0.05) is 13.2 Å². The Morgan fingerprint density at radius 1 is 1.26 bits per heavy atom. The van der Waals surface area contributed by atoms with Crippen LogP contribution < -0.4 is 10.6 Å². The van der Waals surface area contributed by atoms with Crippen molar-refractivity contribution < 1.29 is 9.53 Å². The van der Waals surface area contributed by atoms with E-state index in [0.29, 0.717) is 18.1 Å². The second kappa shape index (κ2) is 7.19. The summed E-state index contributed by atoms with van der Waals surface area (Å²) in [5.41, 5.74) is 2.39. The molecule has 0 saturated carbocycles. The second-order valence-corrected chi connectivity index (χ2v) is 5.90. The van der Waals surface area contributed by atoms with E-state index in [1.807, 2.05) is 39.0 Å². The first-order valence-electron chi connectivity index (χ1n) is 7.37. The van der Waals surface area contributed by atoms with E-state index in [0.717, 1.165) is 11.1 Å². The van der Waals surface area contributed by atoms with Crippen LogP contribution in [0.1, 0.15) is 30.7 Å². The molecule has 0 saturated heterocycles. The largest absolute Gasteiger partial charge is 0.378 e. The van der Waals surface area contributed by atoms with Crippen LogP contribution in [0.2, 0.25) is 0 Å². The summed E-state index contributed by atoms with van der Waals surface area (Å²) in [5, 5.41) is 5.68. The number of carbonyl (C=O) groups excluding carboxylic acids is 1. The van der Waals surface area contributed by atoms with Gasteiger partial charge in [-0.25, -0.2) is 14.8 Å². The molecule has 2 amide bonds. The first-order chi connectivity index (χ1) is 10.9. The molecule has 0 bridgehead atoms. The molecule has 1 heterocycles. The number of benzene rings is 1.